The fraction of sp³-hybridized carbons (Fsp3) is 0. The van der Waals surface area contributed by atoms with E-state index in [1.54, 1.807) is 24.4 Å². The second-order valence-corrected chi connectivity index (χ2v) is 9.08. The Labute approximate surface area is 233 Å². The Morgan fingerprint density at radius 1 is 0.575 bits per heavy atom. The number of hydrogen-bond donors (Lipinski definition) is 0. The normalized spacial score (nSPS) is 11.3. The Balaban J connectivity index is 1.25. The fourth-order valence-corrected chi connectivity index (χ4v) is 4.27. The van der Waals surface area contributed by atoms with Gasteiger partial charge in [0.1, 0.15) is 0 Å². The lowest BCUT2D eigenvalue weighted by Gasteiger charge is -2.03. The van der Waals surface area contributed by atoms with Crippen molar-refractivity contribution in [1.82, 2.24) is 0 Å². The van der Waals surface area contributed by atoms with E-state index in [4.69, 9.17) is 0 Å². The summed E-state index contributed by atoms with van der Waals surface area (Å²) in [5.41, 5.74) is 6.25. The number of nitrogens with zero attached hydrogens (tertiary/aromatic N) is 2. The van der Waals surface area contributed by atoms with Crippen LogP contribution in [-0.2, 0) is 0 Å². The van der Waals surface area contributed by atoms with Crippen LogP contribution in [0, 0.1) is 0 Å². The number of benzene rings is 4. The highest BCUT2D eigenvalue weighted by Crippen LogP contribution is 2.18. The van der Waals surface area contributed by atoms with Crippen molar-refractivity contribution in [3.63, 3.8) is 0 Å². The van der Waals surface area contributed by atoms with Gasteiger partial charge in [-0.15, -0.1) is 0 Å². The van der Waals surface area contributed by atoms with E-state index in [-0.39, 0.29) is 11.6 Å². The summed E-state index contributed by atoms with van der Waals surface area (Å²) >= 11 is 0. The van der Waals surface area contributed by atoms with E-state index in [0.717, 1.165) is 22.5 Å². The van der Waals surface area contributed by atoms with Gasteiger partial charge in [0.05, 0.1) is 5.69 Å². The molecule has 40 heavy (non-hydrogen) atoms. The van der Waals surface area contributed by atoms with Gasteiger partial charge in [0.15, 0.2) is 24.0 Å². The Morgan fingerprint density at radius 3 is 1.55 bits per heavy atom. The lowest BCUT2D eigenvalue weighted by Crippen LogP contribution is -2.29. The van der Waals surface area contributed by atoms with Gasteiger partial charge in [0.2, 0.25) is 5.69 Å². The van der Waals surface area contributed by atoms with Gasteiger partial charge >= 0.3 is 0 Å². The van der Waals surface area contributed by atoms with Crippen molar-refractivity contribution >= 4 is 29.0 Å². The van der Waals surface area contributed by atoms with Gasteiger partial charge in [-0.2, -0.15) is 4.57 Å². The van der Waals surface area contributed by atoms with Gasteiger partial charge < -0.3 is 0 Å². The maximum atomic E-state index is 12.7. The van der Waals surface area contributed by atoms with Crippen LogP contribution in [-0.4, -0.2) is 17.8 Å². The minimum absolute atomic E-state index is 0.00606. The molecule has 4 nitrogen and oxygen atoms in total. The molecule has 0 amide bonds. The van der Waals surface area contributed by atoms with Crippen LogP contribution in [0.3, 0.4) is 0 Å². The number of allylic oxidation sites excluding steroid dienone is 3. The first-order valence-corrected chi connectivity index (χ1v) is 12.9. The maximum absolute atomic E-state index is 12.7. The predicted molar refractivity (Wildman–Crippen MR) is 160 cm³/mol. The maximum Gasteiger partial charge on any atom is 0.210 e. The molecule has 0 saturated carbocycles. The fourth-order valence-electron chi connectivity index (χ4n) is 4.27. The molecule has 5 aromatic rings. The molecule has 0 spiro atoms. The van der Waals surface area contributed by atoms with E-state index in [2.05, 4.69) is 11.6 Å². The zero-order valence-corrected chi connectivity index (χ0v) is 21.9. The van der Waals surface area contributed by atoms with Gasteiger partial charge in [-0.05, 0) is 53.6 Å². The van der Waals surface area contributed by atoms with E-state index in [1.807, 2.05) is 132 Å². The number of pyridine rings is 1. The van der Waals surface area contributed by atoms with Gasteiger partial charge in [0.25, 0.3) is 0 Å². The second kappa shape index (κ2) is 12.4. The van der Waals surface area contributed by atoms with E-state index < -0.39 is 0 Å². The van der Waals surface area contributed by atoms with Crippen LogP contribution >= 0.6 is 0 Å². The molecule has 0 aliphatic rings. The lowest BCUT2D eigenvalue weighted by atomic mass is 10.0. The highest BCUT2D eigenvalue weighted by molar-refractivity contribution is 6.09. The van der Waals surface area contributed by atoms with Crippen LogP contribution in [0.4, 0.5) is 5.69 Å². The molecule has 4 heteroatoms. The van der Waals surface area contributed by atoms with Crippen molar-refractivity contribution in [1.29, 1.82) is 0 Å². The number of ketones is 2. The third-order valence-electron chi connectivity index (χ3n) is 6.49. The average molecular weight is 520 g/mol. The second-order valence-electron chi connectivity index (χ2n) is 9.08. The average Bonchev–Trinajstić information content (AvgIpc) is 3.04. The van der Waals surface area contributed by atoms with Crippen molar-refractivity contribution in [2.45, 2.75) is 0 Å². The predicted octanol–water partition coefficient (Wildman–Crippen LogP) is 7.40. The number of carbonyl (C=O) groups excluding carboxylic acids is 2. The molecule has 5 rings (SSSR count). The summed E-state index contributed by atoms with van der Waals surface area (Å²) < 4.78 is 1.99. The van der Waals surface area contributed by atoms with Crippen molar-refractivity contribution in [2.24, 2.45) is 4.99 Å². The summed E-state index contributed by atoms with van der Waals surface area (Å²) in [5.74, 6) is -0.00515. The third-order valence-corrected chi connectivity index (χ3v) is 6.49. The summed E-state index contributed by atoms with van der Waals surface area (Å²) in [6, 6.07) is 37.3. The van der Waals surface area contributed by atoms with Crippen molar-refractivity contribution < 1.29 is 14.2 Å². The first-order chi connectivity index (χ1) is 19.6. The Morgan fingerprint density at radius 2 is 1.05 bits per heavy atom. The smallest absolute Gasteiger partial charge is 0.210 e. The van der Waals surface area contributed by atoms with Crippen LogP contribution < -0.4 is 4.57 Å². The number of aliphatic imine (C=N–C) groups is 1. The Bertz CT molecular complexity index is 1680. The van der Waals surface area contributed by atoms with E-state index in [1.165, 1.54) is 0 Å². The molecule has 0 radical (unpaired) electrons. The quantitative estimate of drug-likeness (QED) is 0.0882. The molecular weight excluding hydrogens is 492 g/mol. The van der Waals surface area contributed by atoms with Crippen LogP contribution in [0.2, 0.25) is 0 Å². The first kappa shape index (κ1) is 26.1. The summed E-state index contributed by atoms with van der Waals surface area (Å²) in [7, 11) is 0. The molecular formula is C36H27N2O2+. The van der Waals surface area contributed by atoms with Crippen LogP contribution in [0.15, 0.2) is 157 Å². The third kappa shape index (κ3) is 6.14. The minimum atomic E-state index is -0.0112. The number of rotatable bonds is 9. The number of aromatic nitrogens is 1. The number of carbonyl (C=O) groups is 2. The van der Waals surface area contributed by atoms with Crippen LogP contribution in [0.5, 0.6) is 0 Å². The highest BCUT2D eigenvalue weighted by atomic mass is 16.1. The molecule has 192 valence electrons. The van der Waals surface area contributed by atoms with Gasteiger partial charge in [-0.25, -0.2) is 0 Å². The lowest BCUT2D eigenvalue weighted by molar-refractivity contribution is -0.595. The standard InChI is InChI=1S/C36H27N2O2/c1-2-27(21-24-37-33-17-13-31(14-18-33)35(39)29-9-5-3-6-10-29)28-22-25-38(26-23-28)34-19-15-32(16-20-34)36(40)30-11-7-4-8-12-30/h2-26H,1H2/q+1/b27-21+,37-24?. The zero-order valence-electron chi connectivity index (χ0n) is 21.9. The monoisotopic (exact) mass is 519 g/mol. The summed E-state index contributed by atoms with van der Waals surface area (Å²) in [6.07, 6.45) is 9.37. The molecule has 4 aromatic carbocycles. The number of hydrogen-bond acceptors (Lipinski definition) is 3. The van der Waals surface area contributed by atoms with E-state index in [9.17, 15) is 9.59 Å². The molecule has 0 aliphatic carbocycles. The molecule has 0 saturated heterocycles. The van der Waals surface area contributed by atoms with Crippen molar-refractivity contribution in [3.8, 4) is 5.69 Å². The van der Waals surface area contributed by atoms with Crippen molar-refractivity contribution in [2.75, 3.05) is 0 Å². The largest absolute Gasteiger partial charge is 0.289 e. The van der Waals surface area contributed by atoms with E-state index >= 15 is 0 Å². The van der Waals surface area contributed by atoms with Gasteiger partial charge in [-0.1, -0.05) is 73.3 Å². The van der Waals surface area contributed by atoms with E-state index in [0.29, 0.717) is 22.3 Å². The molecule has 1 aromatic heterocycles. The topological polar surface area (TPSA) is 50.4 Å². The zero-order chi connectivity index (χ0) is 27.7. The first-order valence-electron chi connectivity index (χ1n) is 12.9. The summed E-state index contributed by atoms with van der Waals surface area (Å²) in [6.45, 7) is 3.95. The summed E-state index contributed by atoms with van der Waals surface area (Å²) in [5, 5.41) is 0. The molecule has 0 aliphatic heterocycles. The molecule has 0 fully saturated rings. The molecule has 0 N–H and O–H groups in total. The Kier molecular flexibility index (Phi) is 8.09. The van der Waals surface area contributed by atoms with Crippen LogP contribution in [0.1, 0.15) is 37.4 Å². The van der Waals surface area contributed by atoms with Crippen LogP contribution in [0.25, 0.3) is 11.3 Å². The molecule has 0 unspecified atom stereocenters. The molecule has 0 bridgehead atoms. The SMILES string of the molecule is C=C/C(=C\C=Nc1ccc(C(=O)c2ccccc2)cc1)c1cc[n+](-c2ccc(C(=O)c3ccccc3)cc2)cc1. The molecule has 1 heterocycles. The summed E-state index contributed by atoms with van der Waals surface area (Å²) in [4.78, 5) is 29.8. The molecule has 0 atom stereocenters. The van der Waals surface area contributed by atoms with Gasteiger partial charge in [0, 0.05) is 52.7 Å². The minimum Gasteiger partial charge on any atom is -0.289 e. The highest BCUT2D eigenvalue weighted by Gasteiger charge is 2.12. The van der Waals surface area contributed by atoms with Gasteiger partial charge in [-0.3, -0.25) is 14.6 Å². The van der Waals surface area contributed by atoms with Crippen molar-refractivity contribution in [3.05, 3.63) is 180 Å². The Hall–Kier alpha value is -5.48.